The first-order chi connectivity index (χ1) is 19.0. The second kappa shape index (κ2) is 11.5. The van der Waals surface area contributed by atoms with Crippen LogP contribution in [0.15, 0.2) is 58.9 Å². The van der Waals surface area contributed by atoms with E-state index in [9.17, 15) is 17.6 Å². The molecule has 3 aromatic rings. The minimum absolute atomic E-state index is 0.0565. The van der Waals surface area contributed by atoms with E-state index < -0.39 is 17.6 Å². The van der Waals surface area contributed by atoms with E-state index in [1.807, 2.05) is 51.1 Å². The third-order valence-electron chi connectivity index (χ3n) is 7.22. The quantitative estimate of drug-likeness (QED) is 0.177. The Hall–Kier alpha value is -4.21. The molecule has 40 heavy (non-hydrogen) atoms. The third-order valence-corrected chi connectivity index (χ3v) is 7.22. The molecule has 210 valence electrons. The van der Waals surface area contributed by atoms with Crippen molar-refractivity contribution >= 4 is 29.1 Å². The maximum Gasteiger partial charge on any atom is 0.417 e. The van der Waals surface area contributed by atoms with Crippen LogP contribution in [0.2, 0.25) is 0 Å². The molecule has 6 nitrogen and oxygen atoms in total. The van der Waals surface area contributed by atoms with Crippen molar-refractivity contribution in [2.24, 2.45) is 10.7 Å². The maximum absolute atomic E-state index is 14.9. The summed E-state index contributed by atoms with van der Waals surface area (Å²) in [6.45, 7) is 6.24. The highest BCUT2D eigenvalue weighted by molar-refractivity contribution is 6.19. The van der Waals surface area contributed by atoms with E-state index in [-0.39, 0.29) is 18.9 Å². The number of aliphatic imine (C=N–C) groups is 1. The highest BCUT2D eigenvalue weighted by Gasteiger charge is 2.33. The molecule has 1 aliphatic rings. The number of halogens is 4. The zero-order valence-corrected chi connectivity index (χ0v) is 22.7. The molecule has 0 atom stereocenters. The first-order valence-electron chi connectivity index (χ1n) is 13.0. The van der Waals surface area contributed by atoms with Crippen molar-refractivity contribution < 1.29 is 17.6 Å². The van der Waals surface area contributed by atoms with Crippen LogP contribution in [0, 0.1) is 18.2 Å². The standard InChI is InChI=1S/C30H32F4N6/c1-4-18-7-6-8-19(5-2)27(18)39-28(21-10-9-17(3)26(37)22(21)14-35)23-16-40(12-11-25(23)36)29-24(31)13-20(15-38-29)30(32,33)34/h6-10,13-15,35H,4-5,11-12,16,36-37H2,1-3H3. The van der Waals surface area contributed by atoms with Crippen molar-refractivity contribution in [1.82, 2.24) is 4.98 Å². The summed E-state index contributed by atoms with van der Waals surface area (Å²) >= 11 is 0. The van der Waals surface area contributed by atoms with Crippen molar-refractivity contribution in [2.45, 2.75) is 46.2 Å². The molecule has 2 aromatic carbocycles. The predicted molar refractivity (Wildman–Crippen MR) is 152 cm³/mol. The molecule has 5 N–H and O–H groups in total. The number of nitrogens with one attached hydrogen (secondary N) is 1. The van der Waals surface area contributed by atoms with E-state index in [4.69, 9.17) is 21.9 Å². The van der Waals surface area contributed by atoms with E-state index in [2.05, 4.69) is 4.98 Å². The summed E-state index contributed by atoms with van der Waals surface area (Å²) in [5.74, 6) is -1.27. The number of nitrogens with two attached hydrogens (primary N) is 2. The zero-order chi connectivity index (χ0) is 29.2. The van der Waals surface area contributed by atoms with Gasteiger partial charge in [0.1, 0.15) is 0 Å². The molecule has 0 radical (unpaired) electrons. The van der Waals surface area contributed by atoms with Gasteiger partial charge in [0, 0.05) is 60.0 Å². The second-order valence-electron chi connectivity index (χ2n) is 9.70. The molecule has 0 aliphatic carbocycles. The predicted octanol–water partition coefficient (Wildman–Crippen LogP) is 6.50. The van der Waals surface area contributed by atoms with Crippen molar-refractivity contribution in [2.75, 3.05) is 23.7 Å². The summed E-state index contributed by atoms with van der Waals surface area (Å²) in [7, 11) is 0. The fourth-order valence-electron chi connectivity index (χ4n) is 4.87. The lowest BCUT2D eigenvalue weighted by Gasteiger charge is -2.32. The Morgan fingerprint density at radius 3 is 2.38 bits per heavy atom. The summed E-state index contributed by atoms with van der Waals surface area (Å²) in [4.78, 5) is 10.5. The highest BCUT2D eigenvalue weighted by Crippen LogP contribution is 2.34. The first-order valence-corrected chi connectivity index (χ1v) is 13.0. The number of hydrogen-bond donors (Lipinski definition) is 3. The van der Waals surface area contributed by atoms with Crippen LogP contribution < -0.4 is 16.4 Å². The van der Waals surface area contributed by atoms with Crippen molar-refractivity contribution in [3.8, 4) is 0 Å². The zero-order valence-electron chi connectivity index (χ0n) is 22.7. The Balaban J connectivity index is 1.92. The van der Waals surface area contributed by atoms with Crippen LogP contribution >= 0.6 is 0 Å². The molecule has 1 aromatic heterocycles. The molecular weight excluding hydrogens is 520 g/mol. The molecule has 10 heteroatoms. The number of para-hydroxylation sites is 1. The van der Waals surface area contributed by atoms with Gasteiger partial charge in [-0.25, -0.2) is 14.4 Å². The van der Waals surface area contributed by atoms with Gasteiger partial charge in [-0.1, -0.05) is 44.2 Å². The summed E-state index contributed by atoms with van der Waals surface area (Å²) in [5, 5.41) is 8.12. The lowest BCUT2D eigenvalue weighted by Crippen LogP contribution is -2.37. The first kappa shape index (κ1) is 28.8. The third kappa shape index (κ3) is 5.57. The number of alkyl halides is 3. The van der Waals surface area contributed by atoms with Gasteiger partial charge in [0.15, 0.2) is 11.6 Å². The number of hydrogen-bond acceptors (Lipinski definition) is 6. The van der Waals surface area contributed by atoms with Crippen molar-refractivity contribution in [3.05, 3.63) is 93.1 Å². The largest absolute Gasteiger partial charge is 0.417 e. The number of rotatable bonds is 7. The van der Waals surface area contributed by atoms with Crippen molar-refractivity contribution in [3.63, 3.8) is 0 Å². The maximum atomic E-state index is 14.9. The normalized spacial score (nSPS) is 14.6. The number of aryl methyl sites for hydroxylation is 3. The lowest BCUT2D eigenvalue weighted by atomic mass is 9.91. The second-order valence-corrected chi connectivity index (χ2v) is 9.70. The molecule has 0 saturated carbocycles. The molecule has 0 bridgehead atoms. The fraction of sp³-hybridized carbons (Fsp3) is 0.300. The topological polar surface area (TPSA) is 104 Å². The van der Waals surface area contributed by atoms with Crippen LogP contribution in [-0.2, 0) is 19.0 Å². The van der Waals surface area contributed by atoms with E-state index in [0.717, 1.165) is 35.2 Å². The Bertz CT molecular complexity index is 1480. The van der Waals surface area contributed by atoms with Gasteiger partial charge < -0.3 is 21.8 Å². The van der Waals surface area contributed by atoms with Crippen LogP contribution in [0.4, 0.5) is 34.8 Å². The molecule has 0 saturated heterocycles. The Morgan fingerprint density at radius 1 is 1.12 bits per heavy atom. The molecule has 0 fully saturated rings. The number of anilines is 2. The minimum atomic E-state index is -4.71. The smallest absolute Gasteiger partial charge is 0.402 e. The number of benzene rings is 2. The van der Waals surface area contributed by atoms with Gasteiger partial charge in [0.05, 0.1) is 17.0 Å². The summed E-state index contributed by atoms with van der Waals surface area (Å²) in [6, 6.07) is 10.1. The molecule has 0 spiro atoms. The van der Waals surface area contributed by atoms with Crippen molar-refractivity contribution in [1.29, 1.82) is 5.41 Å². The number of aromatic nitrogens is 1. The van der Waals surface area contributed by atoms with Gasteiger partial charge in [0.25, 0.3) is 0 Å². The molecule has 1 aliphatic heterocycles. The van der Waals surface area contributed by atoms with E-state index in [0.29, 0.717) is 52.5 Å². The van der Waals surface area contributed by atoms with Gasteiger partial charge in [0.2, 0.25) is 0 Å². The summed E-state index contributed by atoms with van der Waals surface area (Å²) in [6.07, 6.45) is -1.12. The van der Waals surface area contributed by atoms with Gasteiger partial charge in [-0.2, -0.15) is 13.2 Å². The Morgan fingerprint density at radius 2 is 1.80 bits per heavy atom. The van der Waals surface area contributed by atoms with E-state index in [1.165, 1.54) is 6.21 Å². The Kier molecular flexibility index (Phi) is 8.27. The van der Waals surface area contributed by atoms with E-state index >= 15 is 0 Å². The van der Waals surface area contributed by atoms with Crippen LogP contribution in [0.1, 0.15) is 53.6 Å². The SMILES string of the molecule is CCc1cccc(CC)c1N=C(C1=C(N)CCN(c2ncc(C(F)(F)F)cc2F)C1)c1ccc(C)c(N)c1C=N. The molecule has 0 amide bonds. The monoisotopic (exact) mass is 552 g/mol. The summed E-state index contributed by atoms with van der Waals surface area (Å²) < 4.78 is 54.3. The van der Waals surface area contributed by atoms with Crippen LogP contribution in [0.3, 0.4) is 0 Å². The van der Waals surface area contributed by atoms with Crippen LogP contribution in [0.25, 0.3) is 0 Å². The van der Waals surface area contributed by atoms with Gasteiger partial charge in [-0.05, 0) is 42.5 Å². The van der Waals surface area contributed by atoms with Gasteiger partial charge in [-0.3, -0.25) is 0 Å². The molecule has 0 unspecified atom stereocenters. The fourth-order valence-corrected chi connectivity index (χ4v) is 4.87. The van der Waals surface area contributed by atoms with Crippen LogP contribution in [0.5, 0.6) is 0 Å². The number of nitrogens with zero attached hydrogens (tertiary/aromatic N) is 3. The molecule has 2 heterocycles. The molecular formula is C30H32F4N6. The molecule has 4 rings (SSSR count). The number of nitrogen functional groups attached to an aromatic ring is 1. The average molecular weight is 553 g/mol. The highest BCUT2D eigenvalue weighted by atomic mass is 19.4. The Labute approximate surface area is 230 Å². The van der Waals surface area contributed by atoms with Crippen LogP contribution in [-0.4, -0.2) is 30.0 Å². The van der Waals surface area contributed by atoms with E-state index in [1.54, 1.807) is 4.90 Å². The lowest BCUT2D eigenvalue weighted by molar-refractivity contribution is -0.138. The number of pyridine rings is 1. The van der Waals surface area contributed by atoms with Gasteiger partial charge >= 0.3 is 6.18 Å². The summed E-state index contributed by atoms with van der Waals surface area (Å²) in [5.41, 5.74) is 18.5. The average Bonchev–Trinajstić information content (AvgIpc) is 2.93. The van der Waals surface area contributed by atoms with Gasteiger partial charge in [-0.15, -0.1) is 0 Å². The minimum Gasteiger partial charge on any atom is -0.402 e.